The van der Waals surface area contributed by atoms with Crippen molar-refractivity contribution in [2.45, 2.75) is 66.9 Å². The summed E-state index contributed by atoms with van der Waals surface area (Å²) in [6.45, 7) is 12.0. The molecule has 0 aliphatic carbocycles. The molecular formula is C40H44N2O7. The summed E-state index contributed by atoms with van der Waals surface area (Å²) >= 11 is 0. The Kier molecular flexibility index (Phi) is 10.6. The van der Waals surface area contributed by atoms with Gasteiger partial charge in [-0.05, 0) is 97.5 Å². The molecule has 2 aliphatic heterocycles. The molecule has 4 aromatic rings. The van der Waals surface area contributed by atoms with Crippen LogP contribution in [0.1, 0.15) is 104 Å². The van der Waals surface area contributed by atoms with Crippen molar-refractivity contribution in [2.24, 2.45) is 0 Å². The van der Waals surface area contributed by atoms with Crippen molar-refractivity contribution in [1.29, 1.82) is 0 Å². The highest BCUT2D eigenvalue weighted by Gasteiger charge is 2.39. The standard InChI is InChI=1S/C35H30N2O5.C4H10O2.CH4/c1-19-7-9-22(15-21(19)3)35(4,5)23-10-8-20(2)30(16-23)37-33(40)27-14-12-25(18-29(27)34(37)41)42-24-11-13-26-28(17-24)32(39)36(6)31(26)38;1-2-4(6)3-5;/h7-18H,1-6H3;4-6H,2-3H2,1H3;1H4. The Bertz CT molecular complexity index is 1960. The average molecular weight is 665 g/mol. The maximum atomic E-state index is 13.7. The molecular weight excluding hydrogens is 620 g/mol. The molecule has 0 bridgehead atoms. The number of aliphatic hydroxyl groups is 2. The molecule has 1 atom stereocenters. The average Bonchev–Trinajstić information content (AvgIpc) is 3.44. The van der Waals surface area contributed by atoms with E-state index in [1.807, 2.05) is 32.0 Å². The van der Waals surface area contributed by atoms with E-state index in [0.717, 1.165) is 21.6 Å². The fourth-order valence-corrected chi connectivity index (χ4v) is 5.71. The van der Waals surface area contributed by atoms with E-state index in [4.69, 9.17) is 14.9 Å². The fourth-order valence-electron chi connectivity index (χ4n) is 5.71. The predicted octanol–water partition coefficient (Wildman–Crippen LogP) is 7.14. The molecule has 6 rings (SSSR count). The maximum absolute atomic E-state index is 13.7. The molecule has 0 aromatic heterocycles. The Hall–Kier alpha value is -5.12. The number of aryl methyl sites for hydroxylation is 3. The third kappa shape index (κ3) is 6.77. The van der Waals surface area contributed by atoms with Gasteiger partial charge >= 0.3 is 0 Å². The summed E-state index contributed by atoms with van der Waals surface area (Å²) < 4.78 is 5.96. The number of hydrogen-bond donors (Lipinski definition) is 2. The number of carbonyl (C=O) groups is 4. The van der Waals surface area contributed by atoms with Crippen molar-refractivity contribution in [3.63, 3.8) is 0 Å². The molecule has 9 nitrogen and oxygen atoms in total. The summed E-state index contributed by atoms with van der Waals surface area (Å²) in [5, 5.41) is 16.5. The van der Waals surface area contributed by atoms with Crippen LogP contribution in [0.5, 0.6) is 11.5 Å². The third-order valence-electron chi connectivity index (χ3n) is 9.24. The first-order chi connectivity index (χ1) is 22.7. The summed E-state index contributed by atoms with van der Waals surface area (Å²) in [6, 6.07) is 21.8. The van der Waals surface area contributed by atoms with Crippen LogP contribution in [0, 0.1) is 20.8 Å². The van der Waals surface area contributed by atoms with Gasteiger partial charge in [0.2, 0.25) is 0 Å². The van der Waals surface area contributed by atoms with E-state index in [0.29, 0.717) is 34.7 Å². The lowest BCUT2D eigenvalue weighted by Crippen LogP contribution is -2.30. The van der Waals surface area contributed by atoms with E-state index in [2.05, 4.69) is 45.9 Å². The quantitative estimate of drug-likeness (QED) is 0.201. The molecule has 4 amide bonds. The van der Waals surface area contributed by atoms with Crippen molar-refractivity contribution in [3.05, 3.63) is 123 Å². The van der Waals surface area contributed by atoms with Crippen molar-refractivity contribution >= 4 is 29.3 Å². The fraction of sp³-hybridized carbons (Fsp3) is 0.300. The minimum absolute atomic E-state index is 0. The van der Waals surface area contributed by atoms with Crippen LogP contribution in [0.25, 0.3) is 0 Å². The van der Waals surface area contributed by atoms with Crippen molar-refractivity contribution < 1.29 is 34.1 Å². The second kappa shape index (κ2) is 14.2. The monoisotopic (exact) mass is 664 g/mol. The number of benzene rings is 4. The minimum atomic E-state index is -0.509. The zero-order valence-corrected chi connectivity index (χ0v) is 28.2. The van der Waals surface area contributed by atoms with Gasteiger partial charge in [0.25, 0.3) is 23.6 Å². The number of nitrogens with zero attached hydrogens (tertiary/aromatic N) is 2. The normalized spacial score (nSPS) is 14.2. The highest BCUT2D eigenvalue weighted by Crippen LogP contribution is 2.39. The van der Waals surface area contributed by atoms with Crippen molar-refractivity contribution in [3.8, 4) is 11.5 Å². The van der Waals surface area contributed by atoms with Gasteiger partial charge in [0.05, 0.1) is 40.7 Å². The number of aliphatic hydroxyl groups excluding tert-OH is 2. The Balaban J connectivity index is 0.000000710. The van der Waals surface area contributed by atoms with Crippen molar-refractivity contribution in [2.75, 3.05) is 18.6 Å². The van der Waals surface area contributed by atoms with Crippen LogP contribution in [0.15, 0.2) is 72.8 Å². The van der Waals surface area contributed by atoms with Gasteiger partial charge in [-0.1, -0.05) is 58.5 Å². The number of fused-ring (bicyclic) bond motifs is 2. The highest BCUT2D eigenvalue weighted by atomic mass is 16.5. The summed E-state index contributed by atoms with van der Waals surface area (Å²) in [5.74, 6) is -0.903. The molecule has 0 saturated carbocycles. The van der Waals surface area contributed by atoms with E-state index >= 15 is 0 Å². The summed E-state index contributed by atoms with van der Waals surface area (Å²) in [6.07, 6.45) is 0.126. The van der Waals surface area contributed by atoms with E-state index in [-0.39, 0.29) is 36.5 Å². The number of rotatable bonds is 7. The number of anilines is 1. The Morgan fingerprint density at radius 3 is 1.69 bits per heavy atom. The van der Waals surface area contributed by atoms with E-state index < -0.39 is 23.8 Å². The first-order valence-corrected chi connectivity index (χ1v) is 15.8. The van der Waals surface area contributed by atoms with Gasteiger partial charge in [0.1, 0.15) is 11.5 Å². The Morgan fingerprint density at radius 2 is 1.16 bits per heavy atom. The van der Waals surface area contributed by atoms with Crippen LogP contribution in [0.3, 0.4) is 0 Å². The zero-order valence-electron chi connectivity index (χ0n) is 28.2. The lowest BCUT2D eigenvalue weighted by molar-refractivity contribution is 0.0692. The molecule has 0 spiro atoms. The van der Waals surface area contributed by atoms with Crippen LogP contribution in [0.2, 0.25) is 0 Å². The first kappa shape index (κ1) is 36.7. The van der Waals surface area contributed by atoms with Crippen LogP contribution in [0.4, 0.5) is 5.69 Å². The topological polar surface area (TPSA) is 124 Å². The lowest BCUT2D eigenvalue weighted by Gasteiger charge is -2.29. The van der Waals surface area contributed by atoms with Gasteiger partial charge in [-0.3, -0.25) is 24.1 Å². The predicted molar refractivity (Wildman–Crippen MR) is 190 cm³/mol. The molecule has 49 heavy (non-hydrogen) atoms. The van der Waals surface area contributed by atoms with Gasteiger partial charge in [-0.15, -0.1) is 0 Å². The lowest BCUT2D eigenvalue weighted by atomic mass is 9.77. The van der Waals surface area contributed by atoms with Crippen molar-refractivity contribution in [1.82, 2.24) is 4.90 Å². The van der Waals surface area contributed by atoms with Gasteiger partial charge in [-0.2, -0.15) is 0 Å². The molecule has 256 valence electrons. The molecule has 2 N–H and O–H groups in total. The summed E-state index contributed by atoms with van der Waals surface area (Å²) in [7, 11) is 1.43. The minimum Gasteiger partial charge on any atom is -0.457 e. The first-order valence-electron chi connectivity index (χ1n) is 15.8. The molecule has 1 unspecified atom stereocenters. The molecule has 0 fully saturated rings. The SMILES string of the molecule is C.CCC(O)CO.Cc1ccc(C(C)(C)c2ccc(C)c(N3C(=O)c4ccc(Oc5ccc6c(c5)C(=O)N(C)C6=O)cc4C3=O)c2)cc1C. The highest BCUT2D eigenvalue weighted by molar-refractivity contribution is 6.34. The van der Waals surface area contributed by atoms with E-state index in [1.165, 1.54) is 29.1 Å². The van der Waals surface area contributed by atoms with Gasteiger partial charge < -0.3 is 14.9 Å². The third-order valence-corrected chi connectivity index (χ3v) is 9.24. The molecule has 4 aromatic carbocycles. The van der Waals surface area contributed by atoms with Crippen LogP contribution in [-0.2, 0) is 5.41 Å². The van der Waals surface area contributed by atoms with Gasteiger partial charge in [-0.25, -0.2) is 4.90 Å². The van der Waals surface area contributed by atoms with Crippen LogP contribution in [-0.4, -0.2) is 58.5 Å². The second-order valence-electron chi connectivity index (χ2n) is 12.8. The van der Waals surface area contributed by atoms with Gasteiger partial charge in [0.15, 0.2) is 0 Å². The molecule has 2 heterocycles. The van der Waals surface area contributed by atoms with E-state index in [1.54, 1.807) is 30.3 Å². The number of amides is 4. The molecule has 0 radical (unpaired) electrons. The summed E-state index contributed by atoms with van der Waals surface area (Å²) in [4.78, 5) is 54.2. The van der Waals surface area contributed by atoms with Crippen LogP contribution >= 0.6 is 0 Å². The number of ether oxygens (including phenoxy) is 1. The molecule has 2 aliphatic rings. The largest absolute Gasteiger partial charge is 0.457 e. The van der Waals surface area contributed by atoms with Crippen LogP contribution < -0.4 is 9.64 Å². The van der Waals surface area contributed by atoms with Gasteiger partial charge in [0, 0.05) is 12.5 Å². The second-order valence-corrected chi connectivity index (χ2v) is 12.8. The zero-order chi connectivity index (χ0) is 35.1. The number of imide groups is 2. The Morgan fingerprint density at radius 1 is 0.673 bits per heavy atom. The number of carbonyl (C=O) groups excluding carboxylic acids is 4. The molecule has 9 heteroatoms. The van der Waals surface area contributed by atoms with E-state index in [9.17, 15) is 19.2 Å². The molecule has 0 saturated heterocycles. The number of hydrogen-bond acceptors (Lipinski definition) is 7. The Labute approximate surface area is 287 Å². The summed E-state index contributed by atoms with van der Waals surface area (Å²) in [5.41, 5.74) is 6.67. The maximum Gasteiger partial charge on any atom is 0.266 e. The smallest absolute Gasteiger partial charge is 0.266 e.